The number of benzene rings is 1. The number of nitrogens with one attached hydrogen (secondary N) is 1. The van der Waals surface area contributed by atoms with Gasteiger partial charge in [-0.15, -0.1) is 0 Å². The van der Waals surface area contributed by atoms with Crippen LogP contribution in [0.4, 0.5) is 0 Å². The van der Waals surface area contributed by atoms with Gasteiger partial charge in [-0.05, 0) is 39.1 Å². The lowest BCUT2D eigenvalue weighted by Crippen LogP contribution is -2.14. The van der Waals surface area contributed by atoms with Crippen molar-refractivity contribution in [2.75, 3.05) is 20.7 Å². The molecule has 0 radical (unpaired) electrons. The van der Waals surface area contributed by atoms with Crippen LogP contribution < -0.4 is 10.1 Å². The summed E-state index contributed by atoms with van der Waals surface area (Å²) < 4.78 is 7.85. The largest absolute Gasteiger partial charge is 0.496 e. The van der Waals surface area contributed by atoms with E-state index in [4.69, 9.17) is 4.74 Å². The van der Waals surface area contributed by atoms with Crippen molar-refractivity contribution >= 4 is 10.9 Å². The highest BCUT2D eigenvalue weighted by Crippen LogP contribution is 2.31. The lowest BCUT2D eigenvalue weighted by atomic mass is 10.2. The van der Waals surface area contributed by atoms with Crippen LogP contribution in [0, 0.1) is 0 Å². The molecule has 0 saturated carbocycles. The summed E-state index contributed by atoms with van der Waals surface area (Å²) in [5.41, 5.74) is 2.62. The SMILES string of the molecule is CNCCc1cc2c(OC)cccc2n1C(C)C. The van der Waals surface area contributed by atoms with Gasteiger partial charge in [0.1, 0.15) is 5.75 Å². The first-order chi connectivity index (χ1) is 8.69. The molecule has 98 valence electrons. The van der Waals surface area contributed by atoms with Crippen molar-refractivity contribution in [3.8, 4) is 5.75 Å². The third kappa shape index (κ3) is 2.23. The zero-order valence-corrected chi connectivity index (χ0v) is 11.7. The number of rotatable bonds is 5. The standard InChI is InChI=1S/C15H22N2O/c1-11(2)17-12(8-9-16-3)10-13-14(17)6-5-7-15(13)18-4/h5-7,10-11,16H,8-9H2,1-4H3. The molecule has 1 heterocycles. The van der Waals surface area contributed by atoms with Gasteiger partial charge in [-0.3, -0.25) is 0 Å². The van der Waals surface area contributed by atoms with Crippen LogP contribution in [-0.4, -0.2) is 25.3 Å². The number of aromatic nitrogens is 1. The fraction of sp³-hybridized carbons (Fsp3) is 0.467. The van der Waals surface area contributed by atoms with E-state index >= 15 is 0 Å². The summed E-state index contributed by atoms with van der Waals surface area (Å²) in [5.74, 6) is 0.956. The predicted octanol–water partition coefficient (Wildman–Crippen LogP) is 2.99. The van der Waals surface area contributed by atoms with Gasteiger partial charge in [0.2, 0.25) is 0 Å². The van der Waals surface area contributed by atoms with Crippen molar-refractivity contribution in [2.45, 2.75) is 26.3 Å². The Morgan fingerprint density at radius 3 is 2.72 bits per heavy atom. The number of hydrogen-bond donors (Lipinski definition) is 1. The van der Waals surface area contributed by atoms with Crippen LogP contribution in [0.25, 0.3) is 10.9 Å². The van der Waals surface area contributed by atoms with Crippen LogP contribution in [0.5, 0.6) is 5.75 Å². The van der Waals surface area contributed by atoms with Gasteiger partial charge in [0.05, 0.1) is 12.6 Å². The molecule has 0 aliphatic rings. The van der Waals surface area contributed by atoms with Crippen LogP contribution >= 0.6 is 0 Å². The second-order valence-corrected chi connectivity index (χ2v) is 4.85. The number of fused-ring (bicyclic) bond motifs is 1. The second kappa shape index (κ2) is 5.44. The molecular weight excluding hydrogens is 224 g/mol. The van der Waals surface area contributed by atoms with Gasteiger partial charge in [-0.25, -0.2) is 0 Å². The molecule has 0 aliphatic carbocycles. The molecule has 0 saturated heterocycles. The highest BCUT2D eigenvalue weighted by Gasteiger charge is 2.13. The van der Waals surface area contributed by atoms with Crippen molar-refractivity contribution in [2.24, 2.45) is 0 Å². The van der Waals surface area contributed by atoms with E-state index in [-0.39, 0.29) is 0 Å². The quantitative estimate of drug-likeness (QED) is 0.877. The summed E-state index contributed by atoms with van der Waals surface area (Å²) in [6.07, 6.45) is 1.03. The van der Waals surface area contributed by atoms with Crippen LogP contribution in [0.15, 0.2) is 24.3 Å². The molecule has 0 atom stereocenters. The van der Waals surface area contributed by atoms with Crippen molar-refractivity contribution in [3.05, 3.63) is 30.0 Å². The van der Waals surface area contributed by atoms with E-state index in [1.54, 1.807) is 7.11 Å². The Labute approximate surface area is 109 Å². The number of likely N-dealkylation sites (N-methyl/N-ethyl adjacent to an activating group) is 1. The van der Waals surface area contributed by atoms with Gasteiger partial charge in [0, 0.05) is 30.1 Å². The molecule has 0 bridgehead atoms. The average molecular weight is 246 g/mol. The van der Waals surface area contributed by atoms with Gasteiger partial charge < -0.3 is 14.6 Å². The summed E-state index contributed by atoms with van der Waals surface area (Å²) in [6.45, 7) is 5.44. The molecule has 2 aromatic rings. The minimum atomic E-state index is 0.460. The third-order valence-electron chi connectivity index (χ3n) is 3.29. The Morgan fingerprint density at radius 2 is 2.11 bits per heavy atom. The summed E-state index contributed by atoms with van der Waals surface area (Å²) in [4.78, 5) is 0. The molecule has 0 aliphatic heterocycles. The Kier molecular flexibility index (Phi) is 3.92. The molecule has 1 aromatic carbocycles. The van der Waals surface area contributed by atoms with E-state index < -0.39 is 0 Å². The minimum absolute atomic E-state index is 0.460. The first-order valence-electron chi connectivity index (χ1n) is 6.50. The fourth-order valence-electron chi connectivity index (χ4n) is 2.51. The second-order valence-electron chi connectivity index (χ2n) is 4.85. The van der Waals surface area contributed by atoms with E-state index in [0.29, 0.717) is 6.04 Å². The summed E-state index contributed by atoms with van der Waals surface area (Å²) in [5, 5.41) is 4.42. The van der Waals surface area contributed by atoms with Gasteiger partial charge >= 0.3 is 0 Å². The lowest BCUT2D eigenvalue weighted by molar-refractivity contribution is 0.420. The highest BCUT2D eigenvalue weighted by molar-refractivity contribution is 5.87. The maximum Gasteiger partial charge on any atom is 0.128 e. The topological polar surface area (TPSA) is 26.2 Å². The Morgan fingerprint density at radius 1 is 1.33 bits per heavy atom. The summed E-state index contributed by atoms with van der Waals surface area (Å²) in [6, 6.07) is 8.96. The smallest absolute Gasteiger partial charge is 0.128 e. The van der Waals surface area contributed by atoms with Gasteiger partial charge in [-0.2, -0.15) is 0 Å². The normalized spacial score (nSPS) is 11.4. The van der Waals surface area contributed by atoms with Crippen molar-refractivity contribution in [1.82, 2.24) is 9.88 Å². The van der Waals surface area contributed by atoms with E-state index in [1.165, 1.54) is 16.6 Å². The first kappa shape index (κ1) is 13.0. The predicted molar refractivity (Wildman–Crippen MR) is 76.5 cm³/mol. The Bertz CT molecular complexity index is 529. The molecule has 1 aromatic heterocycles. The van der Waals surface area contributed by atoms with Crippen LogP contribution in [0.2, 0.25) is 0 Å². The van der Waals surface area contributed by atoms with Gasteiger partial charge in [0.15, 0.2) is 0 Å². The minimum Gasteiger partial charge on any atom is -0.496 e. The van der Waals surface area contributed by atoms with Crippen molar-refractivity contribution < 1.29 is 4.74 Å². The molecule has 0 spiro atoms. The van der Waals surface area contributed by atoms with E-state index in [1.807, 2.05) is 13.1 Å². The fourth-order valence-corrected chi connectivity index (χ4v) is 2.51. The van der Waals surface area contributed by atoms with E-state index in [9.17, 15) is 0 Å². The van der Waals surface area contributed by atoms with E-state index in [2.05, 4.69) is 41.9 Å². The number of methoxy groups -OCH3 is 1. The molecule has 2 rings (SSSR count). The number of nitrogens with zero attached hydrogens (tertiary/aromatic N) is 1. The summed E-state index contributed by atoms with van der Waals surface area (Å²) in [7, 11) is 3.72. The molecule has 3 nitrogen and oxygen atoms in total. The zero-order valence-electron chi connectivity index (χ0n) is 11.7. The molecule has 0 amide bonds. The maximum absolute atomic E-state index is 5.45. The molecule has 0 fully saturated rings. The van der Waals surface area contributed by atoms with Crippen molar-refractivity contribution in [1.29, 1.82) is 0 Å². The highest BCUT2D eigenvalue weighted by atomic mass is 16.5. The van der Waals surface area contributed by atoms with Crippen LogP contribution in [0.3, 0.4) is 0 Å². The number of ether oxygens (including phenoxy) is 1. The summed E-state index contributed by atoms with van der Waals surface area (Å²) >= 11 is 0. The zero-order chi connectivity index (χ0) is 13.1. The molecule has 3 heteroatoms. The third-order valence-corrected chi connectivity index (χ3v) is 3.29. The molecule has 1 N–H and O–H groups in total. The Balaban J connectivity index is 2.59. The monoisotopic (exact) mass is 246 g/mol. The maximum atomic E-state index is 5.45. The van der Waals surface area contributed by atoms with E-state index in [0.717, 1.165) is 18.7 Å². The van der Waals surface area contributed by atoms with Crippen LogP contribution in [-0.2, 0) is 6.42 Å². The van der Waals surface area contributed by atoms with Crippen molar-refractivity contribution in [3.63, 3.8) is 0 Å². The number of hydrogen-bond acceptors (Lipinski definition) is 2. The molecular formula is C15H22N2O. The molecule has 18 heavy (non-hydrogen) atoms. The first-order valence-corrected chi connectivity index (χ1v) is 6.50. The lowest BCUT2D eigenvalue weighted by Gasteiger charge is -2.14. The molecule has 0 unspecified atom stereocenters. The Hall–Kier alpha value is -1.48. The average Bonchev–Trinajstić information content (AvgIpc) is 2.74. The van der Waals surface area contributed by atoms with Crippen LogP contribution in [0.1, 0.15) is 25.6 Å². The van der Waals surface area contributed by atoms with Gasteiger partial charge in [0.25, 0.3) is 0 Å². The van der Waals surface area contributed by atoms with Gasteiger partial charge in [-0.1, -0.05) is 6.07 Å².